The summed E-state index contributed by atoms with van der Waals surface area (Å²) in [5.41, 5.74) is 9.83. The Kier molecular flexibility index (Phi) is 6.39. The first-order valence-corrected chi connectivity index (χ1v) is 7.91. The summed E-state index contributed by atoms with van der Waals surface area (Å²) in [7, 11) is 0. The molecule has 0 aliphatic rings. The molecule has 0 aliphatic carbocycles. The highest BCUT2D eigenvalue weighted by Gasteiger charge is 2.15. The quantitative estimate of drug-likeness (QED) is 0.457. The predicted molar refractivity (Wildman–Crippen MR) is 96.5 cm³/mol. The van der Waals surface area contributed by atoms with Gasteiger partial charge in [-0.2, -0.15) is 0 Å². The Morgan fingerprint density at radius 2 is 0.917 bits per heavy atom. The van der Waals surface area contributed by atoms with Crippen molar-refractivity contribution in [1.29, 1.82) is 0 Å². The maximum atomic E-state index is 11.8. The van der Waals surface area contributed by atoms with Crippen molar-refractivity contribution in [1.82, 2.24) is 10.9 Å². The Hall–Kier alpha value is -1.86. The molecular weight excluding hydrogens is 398 g/mol. The highest BCUT2D eigenvalue weighted by atomic mass is 35.5. The smallest absolute Gasteiger partial charge is 0.295 e. The van der Waals surface area contributed by atoms with E-state index in [0.717, 1.165) is 0 Å². The molecule has 0 heterocycles. The van der Waals surface area contributed by atoms with Crippen molar-refractivity contribution < 1.29 is 9.59 Å². The number of amides is 2. The number of nitrogens with one attached hydrogen (secondary N) is 4. The molecule has 2 amide bonds. The van der Waals surface area contributed by atoms with Crippen LogP contribution in [0.4, 0.5) is 11.4 Å². The van der Waals surface area contributed by atoms with E-state index in [-0.39, 0.29) is 31.5 Å². The third kappa shape index (κ3) is 4.58. The summed E-state index contributed by atoms with van der Waals surface area (Å²) >= 11 is 23.7. The third-order valence-electron chi connectivity index (χ3n) is 2.73. The fourth-order valence-corrected chi connectivity index (χ4v) is 2.57. The molecule has 2 rings (SSSR count). The minimum atomic E-state index is -0.985. The number of rotatable bonds is 4. The molecule has 0 atom stereocenters. The minimum Gasteiger partial charge on any atom is -0.295 e. The molecule has 0 aromatic heterocycles. The van der Waals surface area contributed by atoms with Crippen LogP contribution in [0.5, 0.6) is 0 Å². The van der Waals surface area contributed by atoms with Crippen LogP contribution in [0, 0.1) is 0 Å². The lowest BCUT2D eigenvalue weighted by Crippen LogP contribution is -2.44. The van der Waals surface area contributed by atoms with Gasteiger partial charge in [0.05, 0.1) is 31.5 Å². The molecule has 24 heavy (non-hydrogen) atoms. The SMILES string of the molecule is O=C(NNc1c(Cl)cccc1Cl)C(=O)NNc1c(Cl)cccc1Cl. The van der Waals surface area contributed by atoms with E-state index >= 15 is 0 Å². The molecule has 0 saturated heterocycles. The van der Waals surface area contributed by atoms with Crippen LogP contribution in [0.15, 0.2) is 36.4 Å². The lowest BCUT2D eigenvalue weighted by molar-refractivity contribution is -0.138. The van der Waals surface area contributed by atoms with Gasteiger partial charge in [0.1, 0.15) is 0 Å². The highest BCUT2D eigenvalue weighted by molar-refractivity contribution is 6.40. The van der Waals surface area contributed by atoms with Crippen LogP contribution in [-0.4, -0.2) is 11.8 Å². The topological polar surface area (TPSA) is 82.3 Å². The van der Waals surface area contributed by atoms with Crippen molar-refractivity contribution in [3.8, 4) is 0 Å². The van der Waals surface area contributed by atoms with Crippen molar-refractivity contribution in [2.45, 2.75) is 0 Å². The van der Waals surface area contributed by atoms with Gasteiger partial charge in [0, 0.05) is 0 Å². The largest absolute Gasteiger partial charge is 0.329 e. The van der Waals surface area contributed by atoms with Gasteiger partial charge in [-0.25, -0.2) is 0 Å². The zero-order valence-electron chi connectivity index (χ0n) is 11.8. The summed E-state index contributed by atoms with van der Waals surface area (Å²) in [5, 5.41) is 1.13. The summed E-state index contributed by atoms with van der Waals surface area (Å²) in [5.74, 6) is -1.97. The number of carbonyl (C=O) groups is 2. The van der Waals surface area contributed by atoms with Gasteiger partial charge in [-0.1, -0.05) is 58.5 Å². The molecule has 4 N–H and O–H groups in total. The van der Waals surface area contributed by atoms with Crippen molar-refractivity contribution in [2.75, 3.05) is 10.9 Å². The van der Waals surface area contributed by atoms with E-state index in [2.05, 4.69) is 21.7 Å². The van der Waals surface area contributed by atoms with Gasteiger partial charge in [-0.05, 0) is 24.3 Å². The Bertz CT molecular complexity index is 679. The molecular formula is C14H10Cl4N4O2. The second-order valence-corrected chi connectivity index (χ2v) is 5.98. The molecule has 126 valence electrons. The summed E-state index contributed by atoms with van der Waals surface area (Å²) in [6.07, 6.45) is 0. The second-order valence-electron chi connectivity index (χ2n) is 4.35. The summed E-state index contributed by atoms with van der Waals surface area (Å²) in [6, 6.07) is 9.57. The zero-order chi connectivity index (χ0) is 17.7. The first-order chi connectivity index (χ1) is 11.4. The van der Waals surface area contributed by atoms with Crippen molar-refractivity contribution in [3.05, 3.63) is 56.5 Å². The van der Waals surface area contributed by atoms with Gasteiger partial charge in [-0.15, -0.1) is 0 Å². The predicted octanol–water partition coefficient (Wildman–Crippen LogP) is 3.89. The third-order valence-corrected chi connectivity index (χ3v) is 3.99. The monoisotopic (exact) mass is 406 g/mol. The lowest BCUT2D eigenvalue weighted by atomic mass is 10.3. The van der Waals surface area contributed by atoms with E-state index in [1.54, 1.807) is 36.4 Å². The van der Waals surface area contributed by atoms with Crippen molar-refractivity contribution in [3.63, 3.8) is 0 Å². The Morgan fingerprint density at radius 3 is 1.21 bits per heavy atom. The van der Waals surface area contributed by atoms with Crippen LogP contribution in [0.25, 0.3) is 0 Å². The van der Waals surface area contributed by atoms with Gasteiger partial charge in [0.15, 0.2) is 0 Å². The zero-order valence-corrected chi connectivity index (χ0v) is 14.8. The Balaban J connectivity index is 1.92. The Morgan fingerprint density at radius 1 is 0.625 bits per heavy atom. The molecule has 0 spiro atoms. The van der Waals surface area contributed by atoms with Gasteiger partial charge in [-0.3, -0.25) is 31.3 Å². The van der Waals surface area contributed by atoms with E-state index < -0.39 is 11.8 Å². The maximum Gasteiger partial charge on any atom is 0.329 e. The fraction of sp³-hybridized carbons (Fsp3) is 0. The minimum absolute atomic E-state index is 0.268. The summed E-state index contributed by atoms with van der Waals surface area (Å²) < 4.78 is 0. The normalized spacial score (nSPS) is 10.0. The summed E-state index contributed by atoms with van der Waals surface area (Å²) in [4.78, 5) is 23.5. The molecule has 0 bridgehead atoms. The number of hydrogen-bond donors (Lipinski definition) is 4. The van der Waals surface area contributed by atoms with Crippen LogP contribution in [0.2, 0.25) is 20.1 Å². The van der Waals surface area contributed by atoms with Crippen LogP contribution >= 0.6 is 46.4 Å². The van der Waals surface area contributed by atoms with Gasteiger partial charge >= 0.3 is 11.8 Å². The number of hydrogen-bond acceptors (Lipinski definition) is 4. The van der Waals surface area contributed by atoms with Gasteiger partial charge in [0.25, 0.3) is 0 Å². The van der Waals surface area contributed by atoms with Crippen LogP contribution in [0.3, 0.4) is 0 Å². The second kappa shape index (κ2) is 8.30. The van der Waals surface area contributed by atoms with E-state index in [1.807, 2.05) is 0 Å². The van der Waals surface area contributed by atoms with E-state index in [1.165, 1.54) is 0 Å². The van der Waals surface area contributed by atoms with Crippen molar-refractivity contribution >= 4 is 69.6 Å². The number of carbonyl (C=O) groups excluding carboxylic acids is 2. The van der Waals surface area contributed by atoms with E-state index in [4.69, 9.17) is 46.4 Å². The molecule has 10 heteroatoms. The maximum absolute atomic E-state index is 11.8. The number of para-hydroxylation sites is 2. The van der Waals surface area contributed by atoms with Crippen LogP contribution in [-0.2, 0) is 9.59 Å². The number of anilines is 2. The van der Waals surface area contributed by atoms with Crippen molar-refractivity contribution in [2.24, 2.45) is 0 Å². The molecule has 0 radical (unpaired) electrons. The van der Waals surface area contributed by atoms with Gasteiger partial charge in [0.2, 0.25) is 0 Å². The molecule has 0 fully saturated rings. The fourth-order valence-electron chi connectivity index (χ4n) is 1.59. The Labute approximate surface area is 157 Å². The first-order valence-electron chi connectivity index (χ1n) is 6.40. The average molecular weight is 408 g/mol. The number of hydrazine groups is 2. The van der Waals surface area contributed by atoms with E-state index in [9.17, 15) is 9.59 Å². The molecule has 0 unspecified atom stereocenters. The molecule has 2 aromatic carbocycles. The molecule has 0 saturated carbocycles. The number of benzene rings is 2. The molecule has 6 nitrogen and oxygen atoms in total. The number of halogens is 4. The van der Waals surface area contributed by atoms with Crippen LogP contribution < -0.4 is 21.7 Å². The molecule has 2 aromatic rings. The standard InChI is InChI=1S/C14H10Cl4N4O2/c15-7-3-1-4-8(16)11(7)19-21-13(23)14(24)22-20-12-9(17)5-2-6-10(12)18/h1-6,19-20H,(H,21,23)(H,22,24). The van der Waals surface area contributed by atoms with Crippen LogP contribution in [0.1, 0.15) is 0 Å². The van der Waals surface area contributed by atoms with Gasteiger partial charge < -0.3 is 0 Å². The lowest BCUT2D eigenvalue weighted by Gasteiger charge is -2.13. The van der Waals surface area contributed by atoms with E-state index in [0.29, 0.717) is 0 Å². The highest BCUT2D eigenvalue weighted by Crippen LogP contribution is 2.29. The summed E-state index contributed by atoms with van der Waals surface area (Å²) in [6.45, 7) is 0. The first kappa shape index (κ1) is 18.5. The molecule has 0 aliphatic heterocycles. The average Bonchev–Trinajstić information content (AvgIpc) is 2.53.